The molecule has 12 rings (SSSR count). The highest BCUT2D eigenvalue weighted by Crippen LogP contribution is 2.67. The third-order valence-corrected chi connectivity index (χ3v) is 18.8. The molecule has 0 spiro atoms. The van der Waals surface area contributed by atoms with E-state index in [-0.39, 0.29) is 59.4 Å². The molecule has 396 valence electrons. The van der Waals surface area contributed by atoms with Gasteiger partial charge in [-0.1, -0.05) is 113 Å². The number of nitrogens with zero attached hydrogens (tertiary/aromatic N) is 1. The van der Waals surface area contributed by atoms with Crippen molar-refractivity contribution in [2.45, 2.75) is 174 Å². The Bertz CT molecular complexity index is 2310. The standard InChI is InChI=1S/C28H39BN2O5.C26H38BNO4.C3H3ClO/c1-6-25(32)31-13-7-8-21(31)17-34-26(33)30-24(14-19-11-9-18(2)10-12-19)29-35-23-16-20-15-22(27(20,3)4)28(23,5)36-29;1-17-9-11-18(12-10-17)13-23(28-24(29)30-16-19-7-5-6-8-19)27-31-22-15-20-14-21(25(20,2)3)26(22,4)32-27;1-2-3(4)5/h6,9-12,20-24H,1,7-8,13-17H2,2-5H3,(H,30,33);9-12,19-23H,5-8,13-16H2,1-4H3,(H,28,29);2H,1H2/t20-,21+,22-,23+,24-,28-;20-,21-,22+,23-,26-;/m00./s1. The second-order valence-electron chi connectivity index (χ2n) is 23.9. The minimum Gasteiger partial charge on any atom is -0.449 e. The Morgan fingerprint density at radius 3 is 1.53 bits per heavy atom. The molecule has 10 fully saturated rings. The van der Waals surface area contributed by atoms with E-state index in [9.17, 15) is 19.2 Å². The van der Waals surface area contributed by atoms with Crippen LogP contribution in [0.15, 0.2) is 73.8 Å². The average Bonchev–Trinajstić information content (AvgIpc) is 4.19. The maximum absolute atomic E-state index is 13.0. The molecular weight excluding hydrogens is 944 g/mol. The molecule has 13 nitrogen and oxygen atoms in total. The number of carbonyl (C=O) groups is 4. The summed E-state index contributed by atoms with van der Waals surface area (Å²) < 4.78 is 37.6. The highest BCUT2D eigenvalue weighted by molar-refractivity contribution is 6.66. The van der Waals surface area contributed by atoms with Gasteiger partial charge < -0.3 is 43.6 Å². The zero-order valence-electron chi connectivity index (χ0n) is 44.6. The largest absolute Gasteiger partial charge is 0.482 e. The van der Waals surface area contributed by atoms with E-state index >= 15 is 0 Å². The van der Waals surface area contributed by atoms with Crippen LogP contribution in [-0.4, -0.2) is 104 Å². The van der Waals surface area contributed by atoms with Gasteiger partial charge in [-0.05, 0) is 167 Å². The number of benzene rings is 2. The van der Waals surface area contributed by atoms with E-state index in [1.807, 2.05) is 0 Å². The number of carbonyl (C=O) groups excluding carboxylic acids is 4. The van der Waals surface area contributed by atoms with Gasteiger partial charge in [-0.3, -0.25) is 9.59 Å². The molecule has 11 atom stereocenters. The molecule has 7 saturated carbocycles. The minimum absolute atomic E-state index is 0.0366. The first-order valence-corrected chi connectivity index (χ1v) is 27.4. The van der Waals surface area contributed by atoms with Crippen molar-refractivity contribution in [1.29, 1.82) is 0 Å². The van der Waals surface area contributed by atoms with E-state index in [0.29, 0.717) is 61.0 Å². The molecule has 10 aliphatic rings. The lowest BCUT2D eigenvalue weighted by molar-refractivity contribution is -0.199. The topological polar surface area (TPSA) is 151 Å². The summed E-state index contributed by atoms with van der Waals surface area (Å²) in [5, 5.41) is 5.65. The van der Waals surface area contributed by atoms with Gasteiger partial charge in [0.2, 0.25) is 11.1 Å². The summed E-state index contributed by atoms with van der Waals surface area (Å²) >= 11 is 4.71. The van der Waals surface area contributed by atoms with Gasteiger partial charge in [-0.15, -0.1) is 0 Å². The number of rotatable bonds is 14. The maximum Gasteiger partial charge on any atom is 0.482 e. The van der Waals surface area contributed by atoms with Crippen LogP contribution in [0.3, 0.4) is 0 Å². The minimum atomic E-state index is -0.547. The quantitative estimate of drug-likeness (QED) is 0.106. The number of hydrogen-bond acceptors (Lipinski definition) is 10. The third-order valence-electron chi connectivity index (χ3n) is 18.7. The Labute approximate surface area is 440 Å². The van der Waals surface area contributed by atoms with Crippen molar-refractivity contribution in [3.05, 3.63) is 96.1 Å². The van der Waals surface area contributed by atoms with E-state index in [2.05, 4.69) is 128 Å². The molecule has 2 N–H and O–H groups in total. The number of allylic oxidation sites excluding steroid dienone is 1. The van der Waals surface area contributed by atoms with Crippen LogP contribution in [0.2, 0.25) is 0 Å². The van der Waals surface area contributed by atoms with Gasteiger partial charge >= 0.3 is 26.4 Å². The number of likely N-dealkylation sites (tertiary alicyclic amines) is 1. The zero-order valence-corrected chi connectivity index (χ0v) is 45.4. The molecule has 2 aromatic carbocycles. The van der Waals surface area contributed by atoms with Crippen LogP contribution < -0.4 is 10.6 Å². The number of hydrogen-bond donors (Lipinski definition) is 2. The van der Waals surface area contributed by atoms with Gasteiger partial charge in [0.25, 0.3) is 0 Å². The summed E-state index contributed by atoms with van der Waals surface area (Å²) in [5.41, 5.74) is 4.58. The molecule has 0 radical (unpaired) electrons. The van der Waals surface area contributed by atoms with Crippen LogP contribution >= 0.6 is 11.6 Å². The molecular formula is C57H80B2ClN3O10. The Morgan fingerprint density at radius 2 is 1.12 bits per heavy atom. The summed E-state index contributed by atoms with van der Waals surface area (Å²) in [5.74, 6) is 2.01. The van der Waals surface area contributed by atoms with E-state index in [1.54, 1.807) is 4.90 Å². The van der Waals surface area contributed by atoms with Crippen LogP contribution in [-0.2, 0) is 50.5 Å². The average molecular weight is 1020 g/mol. The van der Waals surface area contributed by atoms with Gasteiger partial charge in [0.15, 0.2) is 0 Å². The van der Waals surface area contributed by atoms with E-state index in [0.717, 1.165) is 55.7 Å². The van der Waals surface area contributed by atoms with E-state index in [1.165, 1.54) is 42.9 Å². The lowest BCUT2D eigenvalue weighted by atomic mass is 9.43. The molecule has 0 aromatic heterocycles. The fraction of sp³-hybridized carbons (Fsp3) is 0.649. The third kappa shape index (κ3) is 12.0. The van der Waals surface area contributed by atoms with Crippen LogP contribution in [0.1, 0.15) is 128 Å². The lowest BCUT2D eigenvalue weighted by Crippen LogP contribution is -2.65. The number of alkyl carbamates (subject to hydrolysis) is 2. The number of aryl methyl sites for hydroxylation is 2. The Hall–Kier alpha value is -4.14. The summed E-state index contributed by atoms with van der Waals surface area (Å²) in [6.07, 6.45) is 13.8. The van der Waals surface area contributed by atoms with Crippen LogP contribution in [0.4, 0.5) is 9.59 Å². The number of amides is 3. The van der Waals surface area contributed by atoms with E-state index in [4.69, 9.17) is 39.7 Å². The lowest BCUT2D eigenvalue weighted by Gasteiger charge is -2.64. The number of ether oxygens (including phenoxy) is 2. The van der Waals surface area contributed by atoms with Crippen molar-refractivity contribution in [1.82, 2.24) is 15.5 Å². The van der Waals surface area contributed by atoms with Gasteiger partial charge in [0.1, 0.15) is 6.61 Å². The summed E-state index contributed by atoms with van der Waals surface area (Å²) in [4.78, 5) is 49.0. The molecule has 7 aliphatic carbocycles. The SMILES string of the molecule is C=CC(=O)Cl.C=CC(=O)N1CCC[C@@H]1COC(=O)N[C@@H](Cc1ccc(C)cc1)B1O[C@@H]2C[C@@H]3C[C@@H](C3(C)C)[C@]2(C)O1.Cc1ccc(C[C@H](NC(=O)OCC2CCCC2)B2O[C@@H]3C[C@@H]4C[C@@H](C4(C)C)[C@]3(C)O2)cc1. The maximum atomic E-state index is 13.0. The van der Waals surface area contributed by atoms with Crippen LogP contribution in [0.5, 0.6) is 0 Å². The molecule has 3 aliphatic heterocycles. The highest BCUT2D eigenvalue weighted by Gasteiger charge is 2.70. The van der Waals surface area contributed by atoms with Gasteiger partial charge in [-0.25, -0.2) is 9.59 Å². The second kappa shape index (κ2) is 22.6. The van der Waals surface area contributed by atoms with Crippen molar-refractivity contribution in [2.75, 3.05) is 19.8 Å². The van der Waals surface area contributed by atoms with Crippen molar-refractivity contribution in [3.8, 4) is 0 Å². The molecule has 2 aromatic rings. The Morgan fingerprint density at radius 1 is 0.685 bits per heavy atom. The monoisotopic (exact) mass is 1020 g/mol. The predicted molar refractivity (Wildman–Crippen MR) is 284 cm³/mol. The van der Waals surface area contributed by atoms with Crippen molar-refractivity contribution in [2.24, 2.45) is 40.4 Å². The van der Waals surface area contributed by atoms with Crippen molar-refractivity contribution < 1.29 is 47.3 Å². The smallest absolute Gasteiger partial charge is 0.449 e. The predicted octanol–water partition coefficient (Wildman–Crippen LogP) is 10.1. The molecule has 4 bridgehead atoms. The molecule has 73 heavy (non-hydrogen) atoms. The Kier molecular flexibility index (Phi) is 17.1. The van der Waals surface area contributed by atoms with Crippen LogP contribution in [0, 0.1) is 54.3 Å². The fourth-order valence-electron chi connectivity index (χ4n) is 13.9. The Balaban J connectivity index is 0.000000179. The summed E-state index contributed by atoms with van der Waals surface area (Å²) in [7, 11) is -1.00. The molecule has 0 unspecified atom stereocenters. The van der Waals surface area contributed by atoms with Gasteiger partial charge in [0, 0.05) is 6.54 Å². The summed E-state index contributed by atoms with van der Waals surface area (Å²) in [6, 6.07) is 16.7. The molecule has 16 heteroatoms. The highest BCUT2D eigenvalue weighted by atomic mass is 35.5. The first-order valence-electron chi connectivity index (χ1n) is 27.0. The number of nitrogens with one attached hydrogen (secondary N) is 2. The van der Waals surface area contributed by atoms with Crippen molar-refractivity contribution in [3.63, 3.8) is 0 Å². The number of halogens is 1. The normalized spacial score (nSPS) is 31.6. The van der Waals surface area contributed by atoms with Crippen LogP contribution in [0.25, 0.3) is 0 Å². The molecule has 3 saturated heterocycles. The van der Waals surface area contributed by atoms with E-state index < -0.39 is 31.5 Å². The van der Waals surface area contributed by atoms with Gasteiger partial charge in [0.05, 0.1) is 47.9 Å². The van der Waals surface area contributed by atoms with Crippen molar-refractivity contribution >= 4 is 49.2 Å². The second-order valence-corrected chi connectivity index (χ2v) is 24.3. The first-order chi connectivity index (χ1) is 34.6. The van der Waals surface area contributed by atoms with Gasteiger partial charge in [-0.2, -0.15) is 0 Å². The zero-order chi connectivity index (χ0) is 52.5. The molecule has 3 heterocycles. The summed E-state index contributed by atoms with van der Waals surface area (Å²) in [6.45, 7) is 26.0. The molecule has 3 amide bonds. The first kappa shape index (κ1) is 55.1. The fourth-order valence-corrected chi connectivity index (χ4v) is 13.9.